The molecule has 23 heavy (non-hydrogen) atoms. The van der Waals surface area contributed by atoms with Crippen molar-refractivity contribution in [3.8, 4) is 0 Å². The van der Waals surface area contributed by atoms with Crippen LogP contribution in [0.3, 0.4) is 0 Å². The SMILES string of the molecule is C[C@@H](OC(=O)c1ccc[nH]1)C(=O)Nc1cccc(C(F)(F)F)c1. The molecule has 8 heteroatoms. The predicted octanol–water partition coefficient (Wildman–Crippen LogP) is 3.22. The van der Waals surface area contributed by atoms with Crippen LogP contribution < -0.4 is 5.32 Å². The van der Waals surface area contributed by atoms with E-state index in [0.717, 1.165) is 12.1 Å². The van der Waals surface area contributed by atoms with Crippen LogP contribution in [0.2, 0.25) is 0 Å². The monoisotopic (exact) mass is 326 g/mol. The number of hydrogen-bond acceptors (Lipinski definition) is 3. The first-order valence-corrected chi connectivity index (χ1v) is 6.60. The number of H-pyrrole nitrogens is 1. The Hall–Kier alpha value is -2.77. The standard InChI is InChI=1S/C15H13F3N2O3/c1-9(23-14(22)12-6-3-7-19-12)13(21)20-11-5-2-4-10(8-11)15(16,17)18/h2-9,19H,1H3,(H,20,21)/t9-/m1/s1. The second-order valence-corrected chi connectivity index (χ2v) is 4.70. The number of benzene rings is 1. The Morgan fingerprint density at radius 2 is 1.96 bits per heavy atom. The maximum Gasteiger partial charge on any atom is 0.416 e. The second kappa shape index (κ2) is 6.55. The van der Waals surface area contributed by atoms with Crippen molar-refractivity contribution in [2.75, 3.05) is 5.32 Å². The molecule has 0 aliphatic heterocycles. The largest absolute Gasteiger partial charge is 0.448 e. The molecule has 2 N–H and O–H groups in total. The van der Waals surface area contributed by atoms with E-state index in [4.69, 9.17) is 4.74 Å². The molecule has 2 aromatic rings. The van der Waals surface area contributed by atoms with Gasteiger partial charge in [0.05, 0.1) is 5.56 Å². The van der Waals surface area contributed by atoms with Crippen LogP contribution in [0.5, 0.6) is 0 Å². The Labute approximate surface area is 129 Å². The van der Waals surface area contributed by atoms with Gasteiger partial charge in [-0.3, -0.25) is 4.79 Å². The van der Waals surface area contributed by atoms with Gasteiger partial charge in [0.2, 0.25) is 0 Å². The Balaban J connectivity index is 2.00. The summed E-state index contributed by atoms with van der Waals surface area (Å²) in [6.07, 6.45) is -4.16. The third kappa shape index (κ3) is 4.35. The third-order valence-electron chi connectivity index (χ3n) is 2.93. The summed E-state index contributed by atoms with van der Waals surface area (Å²) in [6, 6.07) is 7.24. The maximum absolute atomic E-state index is 12.6. The minimum atomic E-state index is -4.51. The lowest BCUT2D eigenvalue weighted by Crippen LogP contribution is -2.30. The highest BCUT2D eigenvalue weighted by Gasteiger charge is 2.30. The van der Waals surface area contributed by atoms with Crippen molar-refractivity contribution in [3.63, 3.8) is 0 Å². The smallest absolute Gasteiger partial charge is 0.416 e. The molecule has 0 unspecified atom stereocenters. The number of carbonyl (C=O) groups is 2. The van der Waals surface area contributed by atoms with Crippen LogP contribution in [-0.2, 0) is 15.7 Å². The molecule has 1 aromatic carbocycles. The molecule has 0 spiro atoms. The van der Waals surface area contributed by atoms with Gasteiger partial charge in [0.25, 0.3) is 5.91 Å². The zero-order chi connectivity index (χ0) is 17.0. The van der Waals surface area contributed by atoms with E-state index in [1.807, 2.05) is 0 Å². The molecule has 0 saturated carbocycles. The number of anilines is 1. The zero-order valence-electron chi connectivity index (χ0n) is 12.0. The first kappa shape index (κ1) is 16.6. The van der Waals surface area contributed by atoms with Gasteiger partial charge < -0.3 is 15.0 Å². The predicted molar refractivity (Wildman–Crippen MR) is 75.7 cm³/mol. The average Bonchev–Trinajstić information content (AvgIpc) is 3.00. The minimum Gasteiger partial charge on any atom is -0.448 e. The molecule has 0 bridgehead atoms. The van der Waals surface area contributed by atoms with E-state index >= 15 is 0 Å². The number of aromatic nitrogens is 1. The van der Waals surface area contributed by atoms with E-state index in [-0.39, 0.29) is 11.4 Å². The summed E-state index contributed by atoms with van der Waals surface area (Å²) in [7, 11) is 0. The fourth-order valence-corrected chi connectivity index (χ4v) is 1.75. The van der Waals surface area contributed by atoms with Crippen molar-refractivity contribution in [2.24, 2.45) is 0 Å². The van der Waals surface area contributed by atoms with Crippen LogP contribution in [0.15, 0.2) is 42.6 Å². The van der Waals surface area contributed by atoms with Gasteiger partial charge in [-0.15, -0.1) is 0 Å². The van der Waals surface area contributed by atoms with E-state index in [1.165, 1.54) is 31.3 Å². The molecule has 0 aliphatic rings. The van der Waals surface area contributed by atoms with Crippen molar-refractivity contribution in [1.29, 1.82) is 0 Å². The van der Waals surface area contributed by atoms with E-state index < -0.39 is 29.7 Å². The normalized spacial score (nSPS) is 12.5. The van der Waals surface area contributed by atoms with Crippen molar-refractivity contribution in [3.05, 3.63) is 53.9 Å². The van der Waals surface area contributed by atoms with E-state index in [2.05, 4.69) is 10.3 Å². The number of nitrogens with one attached hydrogen (secondary N) is 2. The van der Waals surface area contributed by atoms with Gasteiger partial charge in [-0.1, -0.05) is 6.07 Å². The van der Waals surface area contributed by atoms with E-state index in [1.54, 1.807) is 6.07 Å². The van der Waals surface area contributed by atoms with E-state index in [0.29, 0.717) is 0 Å². The van der Waals surface area contributed by atoms with Gasteiger partial charge in [0.15, 0.2) is 6.10 Å². The van der Waals surface area contributed by atoms with Crippen molar-refractivity contribution < 1.29 is 27.5 Å². The van der Waals surface area contributed by atoms with E-state index in [9.17, 15) is 22.8 Å². The van der Waals surface area contributed by atoms with Crippen LogP contribution in [0.1, 0.15) is 23.0 Å². The minimum absolute atomic E-state index is 0.0346. The summed E-state index contributed by atoms with van der Waals surface area (Å²) >= 11 is 0. The number of aromatic amines is 1. The summed E-state index contributed by atoms with van der Waals surface area (Å²) in [4.78, 5) is 26.2. The molecule has 122 valence electrons. The van der Waals surface area contributed by atoms with Crippen molar-refractivity contribution >= 4 is 17.6 Å². The summed E-state index contributed by atoms with van der Waals surface area (Å²) in [5, 5.41) is 2.28. The van der Waals surface area contributed by atoms with Gasteiger partial charge in [0, 0.05) is 11.9 Å². The van der Waals surface area contributed by atoms with Crippen LogP contribution in [0, 0.1) is 0 Å². The highest BCUT2D eigenvalue weighted by atomic mass is 19.4. The number of alkyl halides is 3. The lowest BCUT2D eigenvalue weighted by molar-refractivity contribution is -0.137. The number of ether oxygens (including phenoxy) is 1. The number of amides is 1. The second-order valence-electron chi connectivity index (χ2n) is 4.70. The average molecular weight is 326 g/mol. The van der Waals surface area contributed by atoms with Gasteiger partial charge >= 0.3 is 12.1 Å². The fourth-order valence-electron chi connectivity index (χ4n) is 1.75. The Morgan fingerprint density at radius 3 is 2.57 bits per heavy atom. The molecule has 1 amide bonds. The zero-order valence-corrected chi connectivity index (χ0v) is 12.0. The molecule has 1 heterocycles. The van der Waals surface area contributed by atoms with Crippen molar-refractivity contribution in [2.45, 2.75) is 19.2 Å². The van der Waals surface area contributed by atoms with Crippen LogP contribution in [0.25, 0.3) is 0 Å². The molecule has 2 rings (SSSR count). The fraction of sp³-hybridized carbons (Fsp3) is 0.200. The molecular weight excluding hydrogens is 313 g/mol. The summed E-state index contributed by atoms with van der Waals surface area (Å²) in [6.45, 7) is 1.32. The van der Waals surface area contributed by atoms with Gasteiger partial charge in [-0.2, -0.15) is 13.2 Å². The molecule has 5 nitrogen and oxygen atoms in total. The first-order chi connectivity index (χ1) is 10.8. The lowest BCUT2D eigenvalue weighted by atomic mass is 10.2. The molecule has 0 fully saturated rings. The summed E-state index contributed by atoms with van der Waals surface area (Å²) < 4.78 is 42.7. The highest BCUT2D eigenvalue weighted by Crippen LogP contribution is 2.30. The lowest BCUT2D eigenvalue weighted by Gasteiger charge is -2.14. The number of esters is 1. The first-order valence-electron chi connectivity index (χ1n) is 6.60. The molecule has 0 aliphatic carbocycles. The summed E-state index contributed by atoms with van der Waals surface area (Å²) in [5.41, 5.74) is -0.748. The highest BCUT2D eigenvalue weighted by molar-refractivity contribution is 5.96. The van der Waals surface area contributed by atoms with Gasteiger partial charge in [0.1, 0.15) is 5.69 Å². The van der Waals surface area contributed by atoms with Crippen molar-refractivity contribution in [1.82, 2.24) is 4.98 Å². The van der Waals surface area contributed by atoms with Crippen LogP contribution >= 0.6 is 0 Å². The Kier molecular flexibility index (Phi) is 4.73. The number of halogens is 3. The number of rotatable bonds is 4. The molecule has 0 saturated heterocycles. The molecule has 1 aromatic heterocycles. The molecular formula is C15H13F3N2O3. The molecule has 0 radical (unpaired) electrons. The number of carbonyl (C=O) groups excluding carboxylic acids is 2. The van der Waals surface area contributed by atoms with Crippen LogP contribution in [0.4, 0.5) is 18.9 Å². The maximum atomic E-state index is 12.6. The molecule has 1 atom stereocenters. The Morgan fingerprint density at radius 1 is 1.22 bits per heavy atom. The van der Waals surface area contributed by atoms with Gasteiger partial charge in [-0.25, -0.2) is 4.79 Å². The van der Waals surface area contributed by atoms with Crippen LogP contribution in [-0.4, -0.2) is 23.0 Å². The topological polar surface area (TPSA) is 71.2 Å². The quantitative estimate of drug-likeness (QED) is 0.848. The summed E-state index contributed by atoms with van der Waals surface area (Å²) in [5.74, 6) is -1.47. The third-order valence-corrected chi connectivity index (χ3v) is 2.93. The Bertz CT molecular complexity index is 696. The number of hydrogen-bond donors (Lipinski definition) is 2. The van der Waals surface area contributed by atoms with Gasteiger partial charge in [-0.05, 0) is 37.3 Å².